The fourth-order valence-corrected chi connectivity index (χ4v) is 3.18. The van der Waals surface area contributed by atoms with Gasteiger partial charge in [-0.05, 0) is 31.0 Å². The number of rotatable bonds is 5. The maximum absolute atomic E-state index is 11.5. The van der Waals surface area contributed by atoms with Crippen molar-refractivity contribution in [3.8, 4) is 5.75 Å². The average molecular weight is 339 g/mol. The van der Waals surface area contributed by atoms with E-state index in [1.54, 1.807) is 0 Å². The predicted molar refractivity (Wildman–Crippen MR) is 88.8 cm³/mol. The van der Waals surface area contributed by atoms with Gasteiger partial charge in [0.25, 0.3) is 0 Å². The molecule has 126 valence electrons. The Morgan fingerprint density at radius 2 is 2.30 bits per heavy atom. The summed E-state index contributed by atoms with van der Waals surface area (Å²) in [5.41, 5.74) is 1.06. The Kier molecular flexibility index (Phi) is 5.75. The van der Waals surface area contributed by atoms with Crippen LogP contribution in [-0.2, 0) is 16.1 Å². The molecule has 2 fully saturated rings. The van der Waals surface area contributed by atoms with Crippen LogP contribution in [0.4, 0.5) is 0 Å². The maximum atomic E-state index is 11.5. The Bertz CT molecular complexity index is 547. The van der Waals surface area contributed by atoms with Crippen LogP contribution in [0.3, 0.4) is 0 Å². The smallest absolute Gasteiger partial charge is 0.221 e. The van der Waals surface area contributed by atoms with Gasteiger partial charge in [0.15, 0.2) is 0 Å². The van der Waals surface area contributed by atoms with Crippen molar-refractivity contribution in [3.05, 3.63) is 28.8 Å². The van der Waals surface area contributed by atoms with Gasteiger partial charge in [-0.25, -0.2) is 0 Å². The first-order valence-electron chi connectivity index (χ1n) is 8.22. The molecule has 1 aromatic rings. The largest absolute Gasteiger partial charge is 0.491 e. The highest BCUT2D eigenvalue weighted by molar-refractivity contribution is 6.30. The molecule has 6 heteroatoms. The van der Waals surface area contributed by atoms with Gasteiger partial charge in [0, 0.05) is 49.8 Å². The third-order valence-corrected chi connectivity index (χ3v) is 4.51. The van der Waals surface area contributed by atoms with Crippen molar-refractivity contribution in [2.45, 2.75) is 31.9 Å². The minimum atomic E-state index is 0.119. The lowest BCUT2D eigenvalue weighted by atomic mass is 10.1. The molecule has 23 heavy (non-hydrogen) atoms. The van der Waals surface area contributed by atoms with E-state index in [4.69, 9.17) is 21.1 Å². The van der Waals surface area contributed by atoms with Crippen molar-refractivity contribution in [1.82, 2.24) is 10.2 Å². The molecule has 2 heterocycles. The van der Waals surface area contributed by atoms with E-state index >= 15 is 0 Å². The molecule has 3 rings (SSSR count). The van der Waals surface area contributed by atoms with Gasteiger partial charge < -0.3 is 14.8 Å². The standard InChI is InChI=1S/C17H23ClN2O3/c18-14-3-4-16(23-12-15-2-1-9-22-15)13(10-14)11-20-7-5-17(21)19-6-8-20/h3-4,10,15H,1-2,5-9,11-12H2,(H,19,21). The summed E-state index contributed by atoms with van der Waals surface area (Å²) in [5.74, 6) is 0.974. The summed E-state index contributed by atoms with van der Waals surface area (Å²) in [6.07, 6.45) is 2.89. The van der Waals surface area contributed by atoms with Gasteiger partial charge >= 0.3 is 0 Å². The van der Waals surface area contributed by atoms with E-state index in [-0.39, 0.29) is 12.0 Å². The van der Waals surface area contributed by atoms with Crippen LogP contribution in [0.1, 0.15) is 24.8 Å². The van der Waals surface area contributed by atoms with Crippen LogP contribution in [-0.4, -0.2) is 49.8 Å². The van der Waals surface area contributed by atoms with Gasteiger partial charge in [-0.2, -0.15) is 0 Å². The van der Waals surface area contributed by atoms with E-state index in [0.29, 0.717) is 24.6 Å². The zero-order valence-electron chi connectivity index (χ0n) is 13.2. The van der Waals surface area contributed by atoms with Gasteiger partial charge in [0.05, 0.1) is 6.10 Å². The number of benzene rings is 1. The van der Waals surface area contributed by atoms with Crippen molar-refractivity contribution < 1.29 is 14.3 Å². The topological polar surface area (TPSA) is 50.8 Å². The molecule has 1 amide bonds. The summed E-state index contributed by atoms with van der Waals surface area (Å²) in [6, 6.07) is 5.73. The highest BCUT2D eigenvalue weighted by atomic mass is 35.5. The van der Waals surface area contributed by atoms with Crippen LogP contribution in [0.25, 0.3) is 0 Å². The quantitative estimate of drug-likeness (QED) is 0.894. The first kappa shape index (κ1) is 16.6. The zero-order valence-corrected chi connectivity index (χ0v) is 14.0. The highest BCUT2D eigenvalue weighted by Crippen LogP contribution is 2.25. The molecule has 0 bridgehead atoms. The van der Waals surface area contributed by atoms with Crippen molar-refractivity contribution in [2.24, 2.45) is 0 Å². The third kappa shape index (κ3) is 4.83. The number of nitrogens with zero attached hydrogens (tertiary/aromatic N) is 1. The fourth-order valence-electron chi connectivity index (χ4n) is 2.98. The van der Waals surface area contributed by atoms with Crippen LogP contribution in [0.2, 0.25) is 5.02 Å². The van der Waals surface area contributed by atoms with Crippen molar-refractivity contribution in [3.63, 3.8) is 0 Å². The number of halogens is 1. The average Bonchev–Trinajstić information content (AvgIpc) is 2.97. The number of nitrogens with one attached hydrogen (secondary N) is 1. The second kappa shape index (κ2) is 7.99. The molecule has 2 aliphatic rings. The Hall–Kier alpha value is -1.30. The van der Waals surface area contributed by atoms with Crippen LogP contribution >= 0.6 is 11.6 Å². The molecule has 1 aromatic carbocycles. The van der Waals surface area contributed by atoms with Gasteiger partial charge in [-0.3, -0.25) is 9.69 Å². The van der Waals surface area contributed by atoms with Crippen molar-refractivity contribution in [1.29, 1.82) is 0 Å². The third-order valence-electron chi connectivity index (χ3n) is 4.27. The molecular weight excluding hydrogens is 316 g/mol. The summed E-state index contributed by atoms with van der Waals surface area (Å²) in [4.78, 5) is 13.7. The Morgan fingerprint density at radius 3 is 3.13 bits per heavy atom. The Morgan fingerprint density at radius 1 is 1.39 bits per heavy atom. The molecule has 0 aromatic heterocycles. The molecule has 2 saturated heterocycles. The van der Waals surface area contributed by atoms with E-state index in [0.717, 1.165) is 50.4 Å². The van der Waals surface area contributed by atoms with E-state index in [1.807, 2.05) is 18.2 Å². The van der Waals surface area contributed by atoms with Gasteiger partial charge in [0.1, 0.15) is 12.4 Å². The second-order valence-corrected chi connectivity index (χ2v) is 6.51. The number of hydrogen-bond donors (Lipinski definition) is 1. The first-order chi connectivity index (χ1) is 11.2. The lowest BCUT2D eigenvalue weighted by Crippen LogP contribution is -2.28. The summed E-state index contributed by atoms with van der Waals surface area (Å²) in [7, 11) is 0. The maximum Gasteiger partial charge on any atom is 0.221 e. The predicted octanol–water partition coefficient (Wildman–Crippen LogP) is 2.22. The molecule has 0 aliphatic carbocycles. The molecule has 0 spiro atoms. The van der Waals surface area contributed by atoms with Crippen LogP contribution in [0, 0.1) is 0 Å². The molecular formula is C17H23ClN2O3. The van der Waals surface area contributed by atoms with Crippen LogP contribution < -0.4 is 10.1 Å². The Labute approximate surface area is 141 Å². The first-order valence-corrected chi connectivity index (χ1v) is 8.60. The van der Waals surface area contributed by atoms with Crippen LogP contribution in [0.5, 0.6) is 5.75 Å². The van der Waals surface area contributed by atoms with E-state index in [1.165, 1.54) is 0 Å². The highest BCUT2D eigenvalue weighted by Gasteiger charge is 2.19. The van der Waals surface area contributed by atoms with Gasteiger partial charge in [0.2, 0.25) is 5.91 Å². The molecule has 1 atom stereocenters. The summed E-state index contributed by atoms with van der Waals surface area (Å²) >= 11 is 6.15. The molecule has 1 unspecified atom stereocenters. The van der Waals surface area contributed by atoms with Gasteiger partial charge in [-0.15, -0.1) is 0 Å². The lowest BCUT2D eigenvalue weighted by Gasteiger charge is -2.21. The van der Waals surface area contributed by atoms with E-state index < -0.39 is 0 Å². The van der Waals surface area contributed by atoms with Gasteiger partial charge in [-0.1, -0.05) is 11.6 Å². The fraction of sp³-hybridized carbons (Fsp3) is 0.588. The molecule has 5 nitrogen and oxygen atoms in total. The van der Waals surface area contributed by atoms with E-state index in [2.05, 4.69) is 10.2 Å². The van der Waals surface area contributed by atoms with Crippen molar-refractivity contribution in [2.75, 3.05) is 32.8 Å². The summed E-state index contributed by atoms with van der Waals surface area (Å²) in [5, 5.41) is 3.60. The number of hydrogen-bond acceptors (Lipinski definition) is 4. The molecule has 0 saturated carbocycles. The molecule has 2 aliphatic heterocycles. The zero-order chi connectivity index (χ0) is 16.1. The van der Waals surface area contributed by atoms with Crippen LogP contribution in [0.15, 0.2) is 18.2 Å². The number of carbonyl (C=O) groups is 1. The number of amides is 1. The minimum Gasteiger partial charge on any atom is -0.491 e. The molecule has 0 radical (unpaired) electrons. The van der Waals surface area contributed by atoms with Crippen molar-refractivity contribution >= 4 is 17.5 Å². The lowest BCUT2D eigenvalue weighted by molar-refractivity contribution is -0.120. The SMILES string of the molecule is O=C1CCN(Cc2cc(Cl)ccc2OCC2CCCO2)CCN1. The minimum absolute atomic E-state index is 0.119. The Balaban J connectivity index is 1.64. The normalized spacial score (nSPS) is 22.7. The number of ether oxygens (including phenoxy) is 2. The monoisotopic (exact) mass is 338 g/mol. The number of carbonyl (C=O) groups excluding carboxylic acids is 1. The molecule has 1 N–H and O–H groups in total. The summed E-state index contributed by atoms with van der Waals surface area (Å²) in [6.45, 7) is 4.42. The van der Waals surface area contributed by atoms with E-state index in [9.17, 15) is 4.79 Å². The summed E-state index contributed by atoms with van der Waals surface area (Å²) < 4.78 is 11.6. The second-order valence-electron chi connectivity index (χ2n) is 6.07.